The first-order chi connectivity index (χ1) is 9.56. The zero-order valence-electron chi connectivity index (χ0n) is 10.2. The van der Waals surface area contributed by atoms with Crippen LogP contribution in [-0.2, 0) is 11.3 Å². The highest BCUT2D eigenvalue weighted by atomic mass is 19.1. The fourth-order valence-corrected chi connectivity index (χ4v) is 1.50. The van der Waals surface area contributed by atoms with E-state index in [1.165, 1.54) is 18.2 Å². The fraction of sp³-hybridized carbons (Fsp3) is 0.0714. The van der Waals surface area contributed by atoms with Crippen molar-refractivity contribution in [2.24, 2.45) is 0 Å². The minimum atomic E-state index is -1.00. The second-order valence-electron chi connectivity index (χ2n) is 3.92. The number of ether oxygens (including phenoxy) is 1. The Morgan fingerprint density at radius 3 is 2.55 bits per heavy atom. The van der Waals surface area contributed by atoms with Crippen LogP contribution in [0.1, 0.15) is 5.56 Å². The van der Waals surface area contributed by atoms with E-state index < -0.39 is 23.5 Å². The highest BCUT2D eigenvalue weighted by Crippen LogP contribution is 2.16. The van der Waals surface area contributed by atoms with Crippen LogP contribution in [-0.4, -0.2) is 6.09 Å². The Balaban J connectivity index is 1.96. The van der Waals surface area contributed by atoms with Crippen LogP contribution >= 0.6 is 0 Å². The molecule has 0 fully saturated rings. The quantitative estimate of drug-likeness (QED) is 0.928. The summed E-state index contributed by atoms with van der Waals surface area (Å²) >= 11 is 0. The van der Waals surface area contributed by atoms with Gasteiger partial charge in [0.15, 0.2) is 0 Å². The highest BCUT2D eigenvalue weighted by molar-refractivity contribution is 5.84. The van der Waals surface area contributed by atoms with Crippen LogP contribution in [0.2, 0.25) is 0 Å². The molecule has 1 amide bonds. The Kier molecular flexibility index (Phi) is 4.24. The van der Waals surface area contributed by atoms with Crippen LogP contribution in [0, 0.1) is 17.5 Å². The van der Waals surface area contributed by atoms with Gasteiger partial charge in [-0.25, -0.2) is 18.0 Å². The molecule has 6 heteroatoms. The van der Waals surface area contributed by atoms with E-state index in [2.05, 4.69) is 0 Å². The molecule has 0 saturated carbocycles. The largest absolute Gasteiger partial charge is 0.444 e. The van der Waals surface area contributed by atoms with Crippen molar-refractivity contribution in [1.82, 2.24) is 0 Å². The highest BCUT2D eigenvalue weighted by Gasteiger charge is 2.10. The number of halogens is 3. The lowest BCUT2D eigenvalue weighted by molar-refractivity contribution is 0.153. The van der Waals surface area contributed by atoms with Gasteiger partial charge in [0, 0.05) is 11.6 Å². The van der Waals surface area contributed by atoms with Gasteiger partial charge >= 0.3 is 6.09 Å². The van der Waals surface area contributed by atoms with E-state index in [0.29, 0.717) is 0 Å². The predicted molar refractivity (Wildman–Crippen MR) is 66.6 cm³/mol. The summed E-state index contributed by atoms with van der Waals surface area (Å²) in [6, 6.07) is 8.38. The van der Waals surface area contributed by atoms with Gasteiger partial charge in [-0.3, -0.25) is 5.32 Å². The lowest BCUT2D eigenvalue weighted by Crippen LogP contribution is -2.15. The van der Waals surface area contributed by atoms with E-state index in [-0.39, 0.29) is 17.9 Å². The van der Waals surface area contributed by atoms with Crippen LogP contribution in [0.4, 0.5) is 23.7 Å². The molecule has 0 unspecified atom stereocenters. The van der Waals surface area contributed by atoms with Gasteiger partial charge in [-0.15, -0.1) is 0 Å². The van der Waals surface area contributed by atoms with Crippen molar-refractivity contribution in [3.05, 3.63) is 65.5 Å². The monoisotopic (exact) mass is 281 g/mol. The molecule has 2 aromatic carbocycles. The molecule has 0 aliphatic rings. The first-order valence-electron chi connectivity index (χ1n) is 5.68. The second-order valence-corrected chi connectivity index (χ2v) is 3.92. The van der Waals surface area contributed by atoms with Gasteiger partial charge in [0.1, 0.15) is 24.1 Å². The SMILES string of the molecule is O=C(Nc1cc(F)ccc1F)OCc1ccccc1F. The fourth-order valence-electron chi connectivity index (χ4n) is 1.50. The lowest BCUT2D eigenvalue weighted by Gasteiger charge is -2.08. The predicted octanol–water partition coefficient (Wildman–Crippen LogP) is 3.85. The van der Waals surface area contributed by atoms with E-state index in [1.54, 1.807) is 6.07 Å². The zero-order chi connectivity index (χ0) is 14.5. The van der Waals surface area contributed by atoms with Gasteiger partial charge in [0.2, 0.25) is 0 Å². The van der Waals surface area contributed by atoms with Gasteiger partial charge < -0.3 is 4.74 Å². The van der Waals surface area contributed by atoms with E-state index in [9.17, 15) is 18.0 Å². The summed E-state index contributed by atoms with van der Waals surface area (Å²) in [6.45, 7) is -0.310. The van der Waals surface area contributed by atoms with Gasteiger partial charge in [0.05, 0.1) is 5.69 Å². The molecule has 0 aromatic heterocycles. The minimum Gasteiger partial charge on any atom is -0.444 e. The molecule has 2 rings (SSSR count). The molecule has 0 aliphatic heterocycles. The summed E-state index contributed by atoms with van der Waals surface area (Å²) in [5, 5.41) is 2.04. The molecule has 0 spiro atoms. The van der Waals surface area contributed by atoms with Crippen molar-refractivity contribution in [2.45, 2.75) is 6.61 Å². The molecule has 1 N–H and O–H groups in total. The van der Waals surface area contributed by atoms with Crippen molar-refractivity contribution >= 4 is 11.8 Å². The number of benzene rings is 2. The Morgan fingerprint density at radius 2 is 1.80 bits per heavy atom. The average molecular weight is 281 g/mol. The number of hydrogen-bond donors (Lipinski definition) is 1. The third kappa shape index (κ3) is 3.50. The Bertz CT molecular complexity index is 632. The Labute approximate surface area is 113 Å². The molecule has 104 valence electrons. The Hall–Kier alpha value is -2.50. The number of hydrogen-bond acceptors (Lipinski definition) is 2. The maximum absolute atomic E-state index is 13.3. The van der Waals surface area contributed by atoms with Crippen molar-refractivity contribution in [3.63, 3.8) is 0 Å². The number of rotatable bonds is 3. The van der Waals surface area contributed by atoms with E-state index in [4.69, 9.17) is 4.74 Å². The maximum atomic E-state index is 13.3. The van der Waals surface area contributed by atoms with Gasteiger partial charge in [-0.05, 0) is 18.2 Å². The summed E-state index contributed by atoms with van der Waals surface area (Å²) in [6.07, 6.45) is -1.00. The number of carbonyl (C=O) groups is 1. The van der Waals surface area contributed by atoms with Crippen molar-refractivity contribution in [2.75, 3.05) is 5.32 Å². The van der Waals surface area contributed by atoms with Crippen LogP contribution in [0.15, 0.2) is 42.5 Å². The topological polar surface area (TPSA) is 38.3 Å². The van der Waals surface area contributed by atoms with Crippen molar-refractivity contribution in [3.8, 4) is 0 Å². The van der Waals surface area contributed by atoms with Crippen LogP contribution in [0.25, 0.3) is 0 Å². The summed E-state index contributed by atoms with van der Waals surface area (Å²) in [7, 11) is 0. The third-order valence-electron chi connectivity index (χ3n) is 2.48. The molecule has 0 radical (unpaired) electrons. The van der Waals surface area contributed by atoms with Gasteiger partial charge in [-0.1, -0.05) is 18.2 Å². The molecule has 0 heterocycles. The number of amides is 1. The van der Waals surface area contributed by atoms with Gasteiger partial charge in [-0.2, -0.15) is 0 Å². The average Bonchev–Trinajstić information content (AvgIpc) is 2.42. The third-order valence-corrected chi connectivity index (χ3v) is 2.48. The lowest BCUT2D eigenvalue weighted by atomic mass is 10.2. The van der Waals surface area contributed by atoms with Crippen molar-refractivity contribution < 1.29 is 22.7 Å². The molecule has 2 aromatic rings. The second kappa shape index (κ2) is 6.10. The molecule has 0 atom stereocenters. The number of anilines is 1. The van der Waals surface area contributed by atoms with Crippen LogP contribution in [0.3, 0.4) is 0 Å². The van der Waals surface area contributed by atoms with Crippen LogP contribution < -0.4 is 5.32 Å². The molecular formula is C14H10F3NO2. The first-order valence-corrected chi connectivity index (χ1v) is 5.68. The standard InChI is InChI=1S/C14H10F3NO2/c15-10-5-6-12(17)13(7-10)18-14(19)20-8-9-3-1-2-4-11(9)16/h1-7H,8H2,(H,18,19). The summed E-state index contributed by atoms with van der Waals surface area (Å²) < 4.78 is 44.1. The van der Waals surface area contributed by atoms with Gasteiger partial charge in [0.25, 0.3) is 0 Å². The zero-order valence-corrected chi connectivity index (χ0v) is 10.2. The molecule has 0 bridgehead atoms. The first kappa shape index (κ1) is 13.9. The summed E-state index contributed by atoms with van der Waals surface area (Å²) in [4.78, 5) is 11.4. The molecular weight excluding hydrogens is 271 g/mol. The molecule has 0 saturated heterocycles. The molecule has 0 aliphatic carbocycles. The number of carbonyl (C=O) groups excluding carboxylic acids is 1. The van der Waals surface area contributed by atoms with E-state index in [0.717, 1.165) is 18.2 Å². The molecule has 20 heavy (non-hydrogen) atoms. The minimum absolute atomic E-state index is 0.183. The van der Waals surface area contributed by atoms with Crippen LogP contribution in [0.5, 0.6) is 0 Å². The normalized spacial score (nSPS) is 10.2. The maximum Gasteiger partial charge on any atom is 0.412 e. The molecule has 3 nitrogen and oxygen atoms in total. The Morgan fingerprint density at radius 1 is 1.05 bits per heavy atom. The summed E-state index contributed by atoms with van der Waals surface area (Å²) in [5.41, 5.74) is -0.161. The van der Waals surface area contributed by atoms with E-state index in [1.807, 2.05) is 5.32 Å². The number of nitrogens with one attached hydrogen (secondary N) is 1. The van der Waals surface area contributed by atoms with E-state index >= 15 is 0 Å². The van der Waals surface area contributed by atoms with Crippen molar-refractivity contribution in [1.29, 1.82) is 0 Å². The smallest absolute Gasteiger partial charge is 0.412 e. The summed E-state index contributed by atoms with van der Waals surface area (Å²) in [5.74, 6) is -2.01.